The minimum Gasteiger partial charge on any atom is -0.466 e. The van der Waals surface area contributed by atoms with Crippen LogP contribution in [0.25, 0.3) is 0 Å². The van der Waals surface area contributed by atoms with E-state index in [9.17, 15) is 9.59 Å². The van der Waals surface area contributed by atoms with Crippen molar-refractivity contribution in [1.82, 2.24) is 0 Å². The summed E-state index contributed by atoms with van der Waals surface area (Å²) in [6, 6.07) is 10.0. The lowest BCUT2D eigenvalue weighted by atomic mass is 9.72. The number of benzene rings is 1. The van der Waals surface area contributed by atoms with E-state index in [0.29, 0.717) is 19.6 Å². The van der Waals surface area contributed by atoms with Gasteiger partial charge in [0, 0.05) is 13.8 Å². The Kier molecular flexibility index (Phi) is 7.92. The lowest BCUT2D eigenvalue weighted by molar-refractivity contribution is -0.242. The molecule has 0 aromatic heterocycles. The molecule has 2 aliphatic heterocycles. The van der Waals surface area contributed by atoms with Gasteiger partial charge in [0.25, 0.3) is 0 Å². The number of hydrogen-bond donors (Lipinski definition) is 0. The van der Waals surface area contributed by atoms with E-state index >= 15 is 0 Å². The molecule has 1 aliphatic carbocycles. The number of carbonyl (C=O) groups is 2. The Morgan fingerprint density at radius 2 is 1.79 bits per heavy atom. The van der Waals surface area contributed by atoms with Gasteiger partial charge < -0.3 is 28.4 Å². The lowest BCUT2D eigenvalue weighted by Gasteiger charge is -2.44. The second kappa shape index (κ2) is 10.7. The predicted octanol–water partition coefficient (Wildman–Crippen LogP) is 3.75. The lowest BCUT2D eigenvalue weighted by Crippen LogP contribution is -2.53. The molecule has 0 unspecified atom stereocenters. The van der Waals surface area contributed by atoms with Crippen LogP contribution in [0.4, 0.5) is 0 Å². The van der Waals surface area contributed by atoms with Crippen molar-refractivity contribution in [3.63, 3.8) is 0 Å². The van der Waals surface area contributed by atoms with Crippen LogP contribution in [0.15, 0.2) is 30.3 Å². The van der Waals surface area contributed by atoms with Crippen LogP contribution in [0.2, 0.25) is 0 Å². The fraction of sp³-hybridized carbons (Fsp3) is 0.692. The summed E-state index contributed by atoms with van der Waals surface area (Å²) in [6.45, 7) is 7.44. The summed E-state index contributed by atoms with van der Waals surface area (Å²) >= 11 is 0. The van der Waals surface area contributed by atoms with Gasteiger partial charge in [0.1, 0.15) is 12.2 Å². The molecule has 0 radical (unpaired) electrons. The second-order valence-corrected chi connectivity index (χ2v) is 9.89. The molecule has 0 amide bonds. The molecular formula is C26H36O8. The van der Waals surface area contributed by atoms with Gasteiger partial charge in [-0.15, -0.1) is 0 Å². The summed E-state index contributed by atoms with van der Waals surface area (Å²) in [7, 11) is 0. The maximum Gasteiger partial charge on any atom is 0.302 e. The standard InChI is InChI=1S/C26H36O8/c1-16(27)29-13-9-8-12-19-14-20(30-15-18-10-6-5-7-11-18)23-21(22(19)31-17(2)28)24-25(32-23)34-26(3,4)33-24/h5-7,10-11,19-25H,8-9,12-15H2,1-4H3/t19-,20-,21-,22+,23-,24-,25-/m1/s1. The molecule has 1 saturated carbocycles. The Labute approximate surface area is 201 Å². The van der Waals surface area contributed by atoms with E-state index in [0.717, 1.165) is 24.8 Å². The van der Waals surface area contributed by atoms with Crippen molar-refractivity contribution in [2.45, 2.75) is 96.5 Å². The smallest absolute Gasteiger partial charge is 0.302 e. The van der Waals surface area contributed by atoms with E-state index < -0.39 is 12.1 Å². The molecule has 3 fully saturated rings. The van der Waals surface area contributed by atoms with Crippen molar-refractivity contribution >= 4 is 11.9 Å². The summed E-state index contributed by atoms with van der Waals surface area (Å²) in [4.78, 5) is 23.1. The van der Waals surface area contributed by atoms with Crippen molar-refractivity contribution in [1.29, 1.82) is 0 Å². The molecule has 0 spiro atoms. The summed E-state index contributed by atoms with van der Waals surface area (Å²) in [5.41, 5.74) is 1.09. The Balaban J connectivity index is 1.51. The van der Waals surface area contributed by atoms with Gasteiger partial charge in [0.15, 0.2) is 12.1 Å². The number of fused-ring (bicyclic) bond motifs is 3. The van der Waals surface area contributed by atoms with Crippen LogP contribution in [0.3, 0.4) is 0 Å². The highest BCUT2D eigenvalue weighted by Crippen LogP contribution is 2.50. The molecule has 2 heterocycles. The largest absolute Gasteiger partial charge is 0.466 e. The van der Waals surface area contributed by atoms with E-state index in [1.165, 1.54) is 13.8 Å². The Bertz CT molecular complexity index is 840. The molecule has 188 valence electrons. The average molecular weight is 477 g/mol. The van der Waals surface area contributed by atoms with Crippen LogP contribution in [0, 0.1) is 11.8 Å². The zero-order valence-corrected chi connectivity index (χ0v) is 20.4. The van der Waals surface area contributed by atoms with Gasteiger partial charge in [-0.3, -0.25) is 9.59 Å². The van der Waals surface area contributed by atoms with Crippen LogP contribution in [0.5, 0.6) is 0 Å². The fourth-order valence-corrected chi connectivity index (χ4v) is 5.46. The van der Waals surface area contributed by atoms with Crippen molar-refractivity contribution in [2.24, 2.45) is 11.8 Å². The first-order valence-electron chi connectivity index (χ1n) is 12.2. The van der Waals surface area contributed by atoms with E-state index in [-0.39, 0.29) is 48.2 Å². The second-order valence-electron chi connectivity index (χ2n) is 9.89. The molecule has 0 N–H and O–H groups in total. The molecule has 0 bridgehead atoms. The van der Waals surface area contributed by atoms with Crippen molar-refractivity contribution in [3.05, 3.63) is 35.9 Å². The number of esters is 2. The van der Waals surface area contributed by atoms with Crippen LogP contribution in [-0.4, -0.2) is 55.0 Å². The number of rotatable bonds is 9. The van der Waals surface area contributed by atoms with Crippen molar-refractivity contribution in [2.75, 3.05) is 6.61 Å². The Morgan fingerprint density at radius 1 is 1.03 bits per heavy atom. The minimum atomic E-state index is -0.765. The molecule has 1 aromatic carbocycles. The number of carbonyl (C=O) groups excluding carboxylic acids is 2. The van der Waals surface area contributed by atoms with E-state index in [1.54, 1.807) is 0 Å². The van der Waals surface area contributed by atoms with Crippen LogP contribution < -0.4 is 0 Å². The first-order valence-corrected chi connectivity index (χ1v) is 12.2. The maximum atomic E-state index is 12.1. The van der Waals surface area contributed by atoms with E-state index in [4.69, 9.17) is 28.4 Å². The first kappa shape index (κ1) is 25.1. The highest BCUT2D eigenvalue weighted by atomic mass is 16.8. The monoisotopic (exact) mass is 476 g/mol. The third-order valence-corrected chi connectivity index (χ3v) is 6.77. The molecule has 2 saturated heterocycles. The number of ether oxygens (including phenoxy) is 6. The minimum absolute atomic E-state index is 0.0675. The van der Waals surface area contributed by atoms with Gasteiger partial charge in [-0.2, -0.15) is 0 Å². The topological polar surface area (TPSA) is 89.5 Å². The molecule has 3 aliphatic rings. The Hall–Kier alpha value is -2.00. The van der Waals surface area contributed by atoms with Gasteiger partial charge in [-0.25, -0.2) is 0 Å². The Morgan fingerprint density at radius 3 is 2.50 bits per heavy atom. The fourth-order valence-electron chi connectivity index (χ4n) is 5.46. The van der Waals surface area contributed by atoms with Crippen LogP contribution in [-0.2, 0) is 44.6 Å². The highest BCUT2D eigenvalue weighted by Gasteiger charge is 2.62. The summed E-state index contributed by atoms with van der Waals surface area (Å²) in [5.74, 6) is -1.48. The molecule has 1 aromatic rings. The third kappa shape index (κ3) is 5.97. The van der Waals surface area contributed by atoms with Crippen LogP contribution in [0.1, 0.15) is 58.9 Å². The molecule has 34 heavy (non-hydrogen) atoms. The summed E-state index contributed by atoms with van der Waals surface area (Å²) in [5, 5.41) is 0. The van der Waals surface area contributed by atoms with Crippen molar-refractivity contribution in [3.8, 4) is 0 Å². The molecule has 7 atom stereocenters. The SMILES string of the molecule is CC(=O)OCCCC[C@@H]1C[C@@H](OCc2ccccc2)[C@H]2O[C@@H]3OC(C)(C)O[C@@H]3[C@@H]2[C@H]1OC(C)=O. The van der Waals surface area contributed by atoms with Gasteiger partial charge in [0.05, 0.1) is 31.3 Å². The zero-order valence-electron chi connectivity index (χ0n) is 20.4. The first-order chi connectivity index (χ1) is 16.2. The van der Waals surface area contributed by atoms with Crippen molar-refractivity contribution < 1.29 is 38.0 Å². The normalized spacial score (nSPS) is 33.7. The van der Waals surface area contributed by atoms with Gasteiger partial charge in [0.2, 0.25) is 0 Å². The third-order valence-electron chi connectivity index (χ3n) is 6.77. The van der Waals surface area contributed by atoms with Gasteiger partial charge in [-0.1, -0.05) is 30.3 Å². The predicted molar refractivity (Wildman–Crippen MR) is 121 cm³/mol. The molecule has 4 rings (SSSR count). The van der Waals surface area contributed by atoms with Gasteiger partial charge >= 0.3 is 11.9 Å². The molecular weight excluding hydrogens is 440 g/mol. The van der Waals surface area contributed by atoms with E-state index in [1.807, 2.05) is 44.2 Å². The maximum absolute atomic E-state index is 12.1. The van der Waals surface area contributed by atoms with Gasteiger partial charge in [-0.05, 0) is 51.0 Å². The van der Waals surface area contributed by atoms with E-state index in [2.05, 4.69) is 0 Å². The zero-order chi connectivity index (χ0) is 24.3. The summed E-state index contributed by atoms with van der Waals surface area (Å²) in [6.07, 6.45) is 1.41. The number of hydrogen-bond acceptors (Lipinski definition) is 8. The average Bonchev–Trinajstić information content (AvgIpc) is 3.25. The molecule has 8 heteroatoms. The molecule has 8 nitrogen and oxygen atoms in total. The highest BCUT2D eigenvalue weighted by molar-refractivity contribution is 5.66. The van der Waals surface area contributed by atoms with Crippen LogP contribution >= 0.6 is 0 Å². The summed E-state index contributed by atoms with van der Waals surface area (Å²) < 4.78 is 36.0. The number of unbranched alkanes of at least 4 members (excludes halogenated alkanes) is 1. The quantitative estimate of drug-likeness (QED) is 0.393.